The molecule has 0 N–H and O–H groups in total. The molecule has 1 aromatic carbocycles. The summed E-state index contributed by atoms with van der Waals surface area (Å²) in [6, 6.07) is 9.92. The van der Waals surface area contributed by atoms with E-state index in [9.17, 15) is 4.79 Å². The summed E-state index contributed by atoms with van der Waals surface area (Å²) >= 11 is 0. The molecule has 1 aliphatic heterocycles. The highest BCUT2D eigenvalue weighted by Crippen LogP contribution is 2.43. The number of benzene rings is 1. The maximum absolute atomic E-state index is 11.3. The van der Waals surface area contributed by atoms with Gasteiger partial charge in [0.2, 0.25) is 0 Å². The van der Waals surface area contributed by atoms with Crippen LogP contribution in [0, 0.1) is 5.92 Å². The van der Waals surface area contributed by atoms with Crippen LogP contribution in [0.2, 0.25) is 0 Å². The first kappa shape index (κ1) is 10.2. The molecule has 0 saturated carbocycles. The third-order valence-corrected chi connectivity index (χ3v) is 2.72. The topological polar surface area (TPSA) is 38.8 Å². The largest absolute Gasteiger partial charge is 0.469 e. The summed E-state index contributed by atoms with van der Waals surface area (Å²) < 4.78 is 10.2. The molecule has 0 spiro atoms. The number of esters is 1. The Hall–Kier alpha value is -1.35. The van der Waals surface area contributed by atoms with Crippen LogP contribution in [0.5, 0.6) is 0 Å². The molecule has 1 aromatic rings. The molecule has 15 heavy (non-hydrogen) atoms. The fourth-order valence-electron chi connectivity index (χ4n) is 1.73. The number of hydrogen-bond donors (Lipinski definition) is 0. The Morgan fingerprint density at radius 3 is 2.67 bits per heavy atom. The zero-order chi connectivity index (χ0) is 10.8. The summed E-state index contributed by atoms with van der Waals surface area (Å²) in [5.74, 6) is -0.404. The molecule has 3 atom stereocenters. The first-order chi connectivity index (χ1) is 7.24. The number of ether oxygens (including phenoxy) is 2. The molecule has 0 aliphatic carbocycles. The van der Waals surface area contributed by atoms with E-state index in [2.05, 4.69) is 4.74 Å². The third-order valence-electron chi connectivity index (χ3n) is 2.72. The van der Waals surface area contributed by atoms with Crippen molar-refractivity contribution in [1.82, 2.24) is 0 Å². The fourth-order valence-corrected chi connectivity index (χ4v) is 1.73. The van der Waals surface area contributed by atoms with Crippen LogP contribution >= 0.6 is 0 Å². The second-order valence-corrected chi connectivity index (χ2v) is 3.74. The molecule has 3 nitrogen and oxygen atoms in total. The van der Waals surface area contributed by atoms with Crippen LogP contribution in [-0.4, -0.2) is 19.2 Å². The Bertz CT molecular complexity index is 347. The predicted molar refractivity (Wildman–Crippen MR) is 55.2 cm³/mol. The van der Waals surface area contributed by atoms with Crippen molar-refractivity contribution in [1.29, 1.82) is 0 Å². The zero-order valence-electron chi connectivity index (χ0n) is 8.84. The molecule has 2 rings (SSSR count). The maximum atomic E-state index is 11.3. The first-order valence-corrected chi connectivity index (χ1v) is 5.02. The van der Waals surface area contributed by atoms with E-state index < -0.39 is 0 Å². The van der Waals surface area contributed by atoms with Crippen LogP contribution in [0.3, 0.4) is 0 Å². The van der Waals surface area contributed by atoms with E-state index >= 15 is 0 Å². The number of epoxide rings is 1. The van der Waals surface area contributed by atoms with Gasteiger partial charge in [0.15, 0.2) is 0 Å². The minimum absolute atomic E-state index is 0.0279. The van der Waals surface area contributed by atoms with Crippen molar-refractivity contribution in [3.8, 4) is 0 Å². The molecular weight excluding hydrogens is 192 g/mol. The molecule has 80 valence electrons. The highest BCUT2D eigenvalue weighted by Gasteiger charge is 2.46. The summed E-state index contributed by atoms with van der Waals surface area (Å²) in [5.41, 5.74) is 1.12. The van der Waals surface area contributed by atoms with Gasteiger partial charge in [-0.05, 0) is 12.5 Å². The van der Waals surface area contributed by atoms with E-state index in [-0.39, 0.29) is 24.1 Å². The van der Waals surface area contributed by atoms with Gasteiger partial charge in [0.05, 0.1) is 13.0 Å². The van der Waals surface area contributed by atoms with Gasteiger partial charge in [-0.3, -0.25) is 4.79 Å². The summed E-state index contributed by atoms with van der Waals surface area (Å²) in [4.78, 5) is 11.3. The molecular formula is C12H14O3. The molecule has 1 saturated heterocycles. The van der Waals surface area contributed by atoms with Gasteiger partial charge < -0.3 is 9.47 Å². The normalized spacial score (nSPS) is 25.7. The van der Waals surface area contributed by atoms with Gasteiger partial charge in [0, 0.05) is 0 Å². The molecule has 1 heterocycles. The highest BCUT2D eigenvalue weighted by molar-refractivity contribution is 5.73. The average Bonchev–Trinajstić information content (AvgIpc) is 3.08. The summed E-state index contributed by atoms with van der Waals surface area (Å²) in [5, 5.41) is 0. The van der Waals surface area contributed by atoms with Gasteiger partial charge in [-0.25, -0.2) is 0 Å². The molecule has 1 aliphatic rings. The molecule has 1 fully saturated rings. The van der Waals surface area contributed by atoms with Gasteiger partial charge in [-0.2, -0.15) is 0 Å². The minimum atomic E-state index is -0.210. The van der Waals surface area contributed by atoms with Gasteiger partial charge >= 0.3 is 5.97 Å². The lowest BCUT2D eigenvalue weighted by molar-refractivity contribution is -0.145. The lowest BCUT2D eigenvalue weighted by Crippen LogP contribution is -2.18. The van der Waals surface area contributed by atoms with Crippen LogP contribution in [0.4, 0.5) is 0 Å². The fraction of sp³-hybridized carbons (Fsp3) is 0.417. The minimum Gasteiger partial charge on any atom is -0.469 e. The molecule has 0 amide bonds. The molecule has 0 unspecified atom stereocenters. The second kappa shape index (κ2) is 4.03. The maximum Gasteiger partial charge on any atom is 0.311 e. The van der Waals surface area contributed by atoms with Gasteiger partial charge in [0.1, 0.15) is 12.2 Å². The number of carbonyl (C=O) groups excluding carboxylic acids is 1. The smallest absolute Gasteiger partial charge is 0.311 e. The molecule has 0 bridgehead atoms. The summed E-state index contributed by atoms with van der Waals surface area (Å²) in [6.07, 6.45) is 0.0279. The van der Waals surface area contributed by atoms with Gasteiger partial charge in [0.25, 0.3) is 0 Å². The van der Waals surface area contributed by atoms with Crippen molar-refractivity contribution in [3.63, 3.8) is 0 Å². The van der Waals surface area contributed by atoms with E-state index in [1.807, 2.05) is 37.3 Å². The molecule has 0 radical (unpaired) electrons. The van der Waals surface area contributed by atoms with Crippen LogP contribution < -0.4 is 0 Å². The van der Waals surface area contributed by atoms with E-state index in [1.54, 1.807) is 0 Å². The van der Waals surface area contributed by atoms with Crippen molar-refractivity contribution in [2.45, 2.75) is 19.1 Å². The summed E-state index contributed by atoms with van der Waals surface area (Å²) in [6.45, 7) is 1.83. The highest BCUT2D eigenvalue weighted by atomic mass is 16.6. The average molecular weight is 206 g/mol. The first-order valence-electron chi connectivity index (χ1n) is 5.02. The summed E-state index contributed by atoms with van der Waals surface area (Å²) in [7, 11) is 1.40. The Balaban J connectivity index is 1.99. The van der Waals surface area contributed by atoms with Crippen molar-refractivity contribution in [2.24, 2.45) is 5.92 Å². The van der Waals surface area contributed by atoms with E-state index in [0.717, 1.165) is 5.56 Å². The van der Waals surface area contributed by atoms with Crippen LogP contribution in [0.1, 0.15) is 18.6 Å². The van der Waals surface area contributed by atoms with E-state index in [0.29, 0.717) is 0 Å². The number of carbonyl (C=O) groups is 1. The van der Waals surface area contributed by atoms with Crippen LogP contribution in [0.25, 0.3) is 0 Å². The quantitative estimate of drug-likeness (QED) is 0.560. The molecule has 3 heteroatoms. The lowest BCUT2D eigenvalue weighted by Gasteiger charge is -2.04. The van der Waals surface area contributed by atoms with Gasteiger partial charge in [-0.1, -0.05) is 30.3 Å². The third kappa shape index (κ3) is 2.02. The van der Waals surface area contributed by atoms with Crippen molar-refractivity contribution in [3.05, 3.63) is 35.9 Å². The monoisotopic (exact) mass is 206 g/mol. The zero-order valence-corrected chi connectivity index (χ0v) is 8.84. The van der Waals surface area contributed by atoms with Crippen molar-refractivity contribution < 1.29 is 14.3 Å². The van der Waals surface area contributed by atoms with Crippen LogP contribution in [0.15, 0.2) is 30.3 Å². The lowest BCUT2D eigenvalue weighted by atomic mass is 10.0. The van der Waals surface area contributed by atoms with Crippen molar-refractivity contribution >= 4 is 5.97 Å². The standard InChI is InChI=1S/C12H14O3/c1-8(12(13)14-2)10-11(15-10)9-6-4-3-5-7-9/h3-8,10-11H,1-2H3/t8-,10+,11+/m0/s1. The SMILES string of the molecule is COC(=O)[C@@H](C)[C@H]1O[C@@H]1c1ccccc1. The van der Waals surface area contributed by atoms with Crippen molar-refractivity contribution in [2.75, 3.05) is 7.11 Å². The Morgan fingerprint density at radius 2 is 2.07 bits per heavy atom. The number of methoxy groups -OCH3 is 1. The predicted octanol–water partition coefficient (Wildman–Crippen LogP) is 1.94. The Morgan fingerprint density at radius 1 is 1.40 bits per heavy atom. The number of rotatable bonds is 3. The van der Waals surface area contributed by atoms with E-state index in [1.165, 1.54) is 7.11 Å². The number of hydrogen-bond acceptors (Lipinski definition) is 3. The van der Waals surface area contributed by atoms with E-state index in [4.69, 9.17) is 4.74 Å². The Kier molecular flexibility index (Phi) is 2.73. The van der Waals surface area contributed by atoms with Crippen LogP contribution in [-0.2, 0) is 14.3 Å². The molecule has 0 aromatic heterocycles. The van der Waals surface area contributed by atoms with Gasteiger partial charge in [-0.15, -0.1) is 0 Å². The Labute approximate surface area is 89.0 Å². The second-order valence-electron chi connectivity index (χ2n) is 3.74.